The Morgan fingerprint density at radius 1 is 1.19 bits per heavy atom. The lowest BCUT2D eigenvalue weighted by molar-refractivity contribution is -0.00870. The summed E-state index contributed by atoms with van der Waals surface area (Å²) in [5, 5.41) is 14.5. The first-order valence-corrected chi connectivity index (χ1v) is 10.0. The Hall–Kier alpha value is -1.85. The number of hydrogen-bond acceptors (Lipinski definition) is 4. The molecule has 4 fully saturated rings. The number of nitrogens with zero attached hydrogens (tertiary/aromatic N) is 4. The fourth-order valence-corrected chi connectivity index (χ4v) is 5.67. The zero-order chi connectivity index (χ0) is 17.7. The van der Waals surface area contributed by atoms with Gasteiger partial charge in [0.1, 0.15) is 5.75 Å². The Kier molecular flexibility index (Phi) is 4.02. The van der Waals surface area contributed by atoms with Crippen LogP contribution < -0.4 is 0 Å². The summed E-state index contributed by atoms with van der Waals surface area (Å²) in [4.78, 5) is 5.42. The van der Waals surface area contributed by atoms with Crippen molar-refractivity contribution in [2.75, 3.05) is 19.6 Å². The fraction of sp³-hybridized carbons (Fsp3) is 0.571. The van der Waals surface area contributed by atoms with E-state index in [1.165, 1.54) is 37.1 Å². The number of hydrogen-bond donors (Lipinski definition) is 1. The highest BCUT2D eigenvalue weighted by Crippen LogP contribution is 2.47. The molecule has 5 heterocycles. The van der Waals surface area contributed by atoms with Gasteiger partial charge in [-0.3, -0.25) is 14.5 Å². The minimum Gasteiger partial charge on any atom is -0.508 e. The molecule has 4 aliphatic heterocycles. The largest absolute Gasteiger partial charge is 0.508 e. The van der Waals surface area contributed by atoms with Crippen molar-refractivity contribution in [3.05, 3.63) is 47.8 Å². The third-order valence-electron chi connectivity index (χ3n) is 6.79. The summed E-state index contributed by atoms with van der Waals surface area (Å²) < 4.78 is 2.02. The van der Waals surface area contributed by atoms with Gasteiger partial charge < -0.3 is 5.11 Å². The number of benzene rings is 1. The van der Waals surface area contributed by atoms with Crippen LogP contribution >= 0.6 is 0 Å². The second-order valence-corrected chi connectivity index (χ2v) is 8.19. The maximum absolute atomic E-state index is 9.99. The first-order valence-electron chi connectivity index (χ1n) is 10.0. The molecule has 5 nitrogen and oxygen atoms in total. The lowest BCUT2D eigenvalue weighted by Crippen LogP contribution is -2.59. The van der Waals surface area contributed by atoms with Crippen LogP contribution in [0.2, 0.25) is 0 Å². The number of rotatable bonds is 4. The van der Waals surface area contributed by atoms with Crippen LogP contribution in [-0.2, 0) is 13.1 Å². The molecule has 1 N–H and O–H groups in total. The average Bonchev–Trinajstić information content (AvgIpc) is 3.29. The van der Waals surface area contributed by atoms with Gasteiger partial charge in [-0.2, -0.15) is 5.10 Å². The Bertz CT molecular complexity index is 780. The molecule has 6 rings (SSSR count). The monoisotopic (exact) mass is 352 g/mol. The predicted molar refractivity (Wildman–Crippen MR) is 101 cm³/mol. The molecule has 2 bridgehead atoms. The molecule has 26 heavy (non-hydrogen) atoms. The number of phenolic OH excluding ortho intramolecular Hbond substituents is 1. The van der Waals surface area contributed by atoms with Gasteiger partial charge in [0.25, 0.3) is 0 Å². The highest BCUT2D eigenvalue weighted by Gasteiger charge is 2.53. The number of phenols is 1. The van der Waals surface area contributed by atoms with Crippen molar-refractivity contribution in [1.29, 1.82) is 0 Å². The molecule has 0 amide bonds. The molecule has 4 saturated heterocycles. The molecule has 0 aliphatic carbocycles. The number of aromatic nitrogens is 2. The lowest BCUT2D eigenvalue weighted by Gasteiger charge is -2.51. The van der Waals surface area contributed by atoms with E-state index in [9.17, 15) is 5.11 Å². The Morgan fingerprint density at radius 3 is 2.77 bits per heavy atom. The van der Waals surface area contributed by atoms with E-state index in [1.807, 2.05) is 23.0 Å². The summed E-state index contributed by atoms with van der Waals surface area (Å²) >= 11 is 0. The molecular weight excluding hydrogens is 324 g/mol. The van der Waals surface area contributed by atoms with Crippen molar-refractivity contribution >= 4 is 0 Å². The number of likely N-dealkylation sites (tertiary alicyclic amines) is 1. The standard InChI is InChI=1S/C21H28N4O/c1-2-25-13-15(11-22-25)12-24-14-19(17-4-3-5-18(26)10-17)21-20(24)16-6-8-23(21)9-7-16/h3-5,10-11,13,16,19-21,26H,2,6-9,12,14H2,1H3/t19-,20+,21+/m0/s1. The van der Waals surface area contributed by atoms with Gasteiger partial charge in [-0.25, -0.2) is 0 Å². The molecular formula is C21H28N4O. The summed E-state index contributed by atoms with van der Waals surface area (Å²) in [7, 11) is 0. The van der Waals surface area contributed by atoms with Gasteiger partial charge >= 0.3 is 0 Å². The molecule has 138 valence electrons. The third-order valence-corrected chi connectivity index (χ3v) is 6.79. The summed E-state index contributed by atoms with van der Waals surface area (Å²) in [6, 6.07) is 9.16. The highest BCUT2D eigenvalue weighted by molar-refractivity contribution is 5.33. The number of aromatic hydroxyl groups is 1. The quantitative estimate of drug-likeness (QED) is 0.919. The number of piperidine rings is 3. The van der Waals surface area contributed by atoms with E-state index in [2.05, 4.69) is 34.1 Å². The molecule has 1 aromatic carbocycles. The van der Waals surface area contributed by atoms with E-state index in [0.29, 0.717) is 23.8 Å². The molecule has 0 radical (unpaired) electrons. The Balaban J connectivity index is 1.46. The summed E-state index contributed by atoms with van der Waals surface area (Å²) in [5.74, 6) is 1.68. The van der Waals surface area contributed by atoms with Gasteiger partial charge in [-0.05, 0) is 56.5 Å². The molecule has 0 spiro atoms. The number of fused-ring (bicyclic) bond motifs is 2. The van der Waals surface area contributed by atoms with Gasteiger partial charge in [0.05, 0.1) is 6.20 Å². The second kappa shape index (κ2) is 6.39. The van der Waals surface area contributed by atoms with E-state index in [1.54, 1.807) is 6.07 Å². The zero-order valence-corrected chi connectivity index (χ0v) is 15.5. The smallest absolute Gasteiger partial charge is 0.115 e. The zero-order valence-electron chi connectivity index (χ0n) is 15.5. The van der Waals surface area contributed by atoms with E-state index >= 15 is 0 Å². The van der Waals surface area contributed by atoms with Gasteiger partial charge in [0.2, 0.25) is 0 Å². The average molecular weight is 352 g/mol. The summed E-state index contributed by atoms with van der Waals surface area (Å²) in [6.07, 6.45) is 6.89. The van der Waals surface area contributed by atoms with Crippen molar-refractivity contribution in [1.82, 2.24) is 19.6 Å². The van der Waals surface area contributed by atoms with E-state index in [4.69, 9.17) is 0 Å². The third kappa shape index (κ3) is 2.65. The normalized spacial score (nSPS) is 33.5. The van der Waals surface area contributed by atoms with Crippen LogP contribution in [0.3, 0.4) is 0 Å². The minimum absolute atomic E-state index is 0.387. The van der Waals surface area contributed by atoms with Crippen LogP contribution in [0.15, 0.2) is 36.7 Å². The maximum Gasteiger partial charge on any atom is 0.115 e. The second-order valence-electron chi connectivity index (χ2n) is 8.19. The van der Waals surface area contributed by atoms with Gasteiger partial charge in [0.15, 0.2) is 0 Å². The van der Waals surface area contributed by atoms with Gasteiger partial charge in [-0.15, -0.1) is 0 Å². The van der Waals surface area contributed by atoms with Gasteiger partial charge in [0, 0.05) is 49.4 Å². The topological polar surface area (TPSA) is 44.5 Å². The SMILES string of the molecule is CCn1cc(CN2C[C@@H](c3cccc(O)c3)[C@@H]3[C@H]2C2CCN3CC2)cn1. The van der Waals surface area contributed by atoms with Crippen molar-refractivity contribution in [3.8, 4) is 5.75 Å². The lowest BCUT2D eigenvalue weighted by atomic mass is 9.75. The molecule has 0 saturated carbocycles. The van der Waals surface area contributed by atoms with Crippen molar-refractivity contribution in [2.45, 2.75) is 50.9 Å². The molecule has 4 aliphatic rings. The van der Waals surface area contributed by atoms with Crippen LogP contribution in [0.4, 0.5) is 0 Å². The first kappa shape index (κ1) is 16.3. The first-order chi connectivity index (χ1) is 12.7. The van der Waals surface area contributed by atoms with Crippen molar-refractivity contribution in [3.63, 3.8) is 0 Å². The van der Waals surface area contributed by atoms with E-state index in [-0.39, 0.29) is 0 Å². The van der Waals surface area contributed by atoms with E-state index < -0.39 is 0 Å². The molecule has 3 atom stereocenters. The van der Waals surface area contributed by atoms with Crippen LogP contribution in [0.1, 0.15) is 36.8 Å². The molecule has 5 heteroatoms. The van der Waals surface area contributed by atoms with Crippen molar-refractivity contribution in [2.24, 2.45) is 5.92 Å². The van der Waals surface area contributed by atoms with Crippen LogP contribution in [0, 0.1) is 5.92 Å². The highest BCUT2D eigenvalue weighted by atomic mass is 16.3. The Labute approximate surface area is 155 Å². The maximum atomic E-state index is 9.99. The summed E-state index contributed by atoms with van der Waals surface area (Å²) in [6.45, 7) is 7.59. The van der Waals surface area contributed by atoms with Gasteiger partial charge in [-0.1, -0.05) is 12.1 Å². The van der Waals surface area contributed by atoms with Crippen molar-refractivity contribution < 1.29 is 5.11 Å². The van der Waals surface area contributed by atoms with Crippen LogP contribution in [0.25, 0.3) is 0 Å². The van der Waals surface area contributed by atoms with Crippen LogP contribution in [-0.4, -0.2) is 56.4 Å². The fourth-order valence-electron chi connectivity index (χ4n) is 5.67. The Morgan fingerprint density at radius 2 is 2.04 bits per heavy atom. The van der Waals surface area contributed by atoms with E-state index in [0.717, 1.165) is 25.6 Å². The predicted octanol–water partition coefficient (Wildman–Crippen LogP) is 2.67. The van der Waals surface area contributed by atoms with Crippen LogP contribution in [0.5, 0.6) is 5.75 Å². The number of aryl methyl sites for hydroxylation is 1. The molecule has 1 aromatic heterocycles. The molecule has 0 unspecified atom stereocenters. The summed E-state index contributed by atoms with van der Waals surface area (Å²) in [5.41, 5.74) is 2.61. The minimum atomic E-state index is 0.387. The molecule has 2 aromatic rings.